The van der Waals surface area contributed by atoms with E-state index in [4.69, 9.17) is 9.26 Å². The number of hydrogen-bond acceptors (Lipinski definition) is 4. The molecule has 1 aliphatic rings. The maximum atomic E-state index is 12.1. The third-order valence-corrected chi connectivity index (χ3v) is 3.46. The summed E-state index contributed by atoms with van der Waals surface area (Å²) in [5.74, 6) is 1.00. The molecule has 0 aromatic carbocycles. The zero-order chi connectivity index (χ0) is 13.1. The zero-order valence-electron chi connectivity index (χ0n) is 11.2. The number of carbonyl (C=O) groups is 1. The normalized spacial score (nSPS) is 20.2. The Morgan fingerprint density at radius 2 is 2.28 bits per heavy atom. The van der Waals surface area contributed by atoms with Gasteiger partial charge in [0.1, 0.15) is 5.76 Å². The predicted molar refractivity (Wildman–Crippen MR) is 66.3 cm³/mol. The average Bonchev–Trinajstić information content (AvgIpc) is 2.67. The summed E-state index contributed by atoms with van der Waals surface area (Å²) < 4.78 is 10.4. The third-order valence-electron chi connectivity index (χ3n) is 3.46. The Labute approximate surface area is 107 Å². The van der Waals surface area contributed by atoms with Crippen molar-refractivity contribution in [1.82, 2.24) is 10.1 Å². The largest absolute Gasteiger partial charge is 0.377 e. The lowest BCUT2D eigenvalue weighted by Gasteiger charge is -2.33. The lowest BCUT2D eigenvalue weighted by Crippen LogP contribution is -2.47. The molecular weight excluding hydrogens is 232 g/mol. The lowest BCUT2D eigenvalue weighted by atomic mass is 10.1. The molecule has 1 fully saturated rings. The van der Waals surface area contributed by atoms with Crippen LogP contribution in [0.4, 0.5) is 0 Å². The first-order valence-electron chi connectivity index (χ1n) is 6.38. The van der Waals surface area contributed by atoms with Crippen molar-refractivity contribution in [3.63, 3.8) is 0 Å². The Balaban J connectivity index is 1.92. The Morgan fingerprint density at radius 1 is 1.50 bits per heavy atom. The van der Waals surface area contributed by atoms with Gasteiger partial charge in [-0.3, -0.25) is 4.79 Å². The SMILES string of the molecule is Cc1noc(C)c1CCC(=O)N1CCOC[C@H]1C. The molecule has 1 aromatic rings. The van der Waals surface area contributed by atoms with Crippen LogP contribution in [0.3, 0.4) is 0 Å². The minimum atomic E-state index is 0.177. The van der Waals surface area contributed by atoms with Crippen LogP contribution in [0.1, 0.15) is 30.4 Å². The van der Waals surface area contributed by atoms with E-state index < -0.39 is 0 Å². The number of aromatic nitrogens is 1. The molecule has 2 heterocycles. The van der Waals surface area contributed by atoms with Gasteiger partial charge >= 0.3 is 0 Å². The third kappa shape index (κ3) is 2.72. The maximum absolute atomic E-state index is 12.1. The summed E-state index contributed by atoms with van der Waals surface area (Å²) in [6, 6.07) is 0.177. The van der Waals surface area contributed by atoms with E-state index in [0.717, 1.165) is 17.0 Å². The topological polar surface area (TPSA) is 55.6 Å². The summed E-state index contributed by atoms with van der Waals surface area (Å²) in [6.07, 6.45) is 1.21. The molecule has 0 bridgehead atoms. The van der Waals surface area contributed by atoms with Crippen LogP contribution in [0.25, 0.3) is 0 Å². The average molecular weight is 252 g/mol. The molecule has 0 spiro atoms. The fourth-order valence-electron chi connectivity index (χ4n) is 2.33. The molecule has 0 unspecified atom stereocenters. The molecule has 0 N–H and O–H groups in total. The van der Waals surface area contributed by atoms with E-state index in [-0.39, 0.29) is 11.9 Å². The molecular formula is C13H20N2O3. The van der Waals surface area contributed by atoms with Crippen LogP contribution in [0.2, 0.25) is 0 Å². The first-order valence-corrected chi connectivity index (χ1v) is 6.38. The molecule has 5 nitrogen and oxygen atoms in total. The molecule has 0 radical (unpaired) electrons. The van der Waals surface area contributed by atoms with Gasteiger partial charge in [-0.1, -0.05) is 5.16 Å². The summed E-state index contributed by atoms with van der Waals surface area (Å²) in [7, 11) is 0. The summed E-state index contributed by atoms with van der Waals surface area (Å²) >= 11 is 0. The van der Waals surface area contributed by atoms with Gasteiger partial charge in [-0.15, -0.1) is 0 Å². The molecule has 1 aromatic heterocycles. The Morgan fingerprint density at radius 3 is 2.89 bits per heavy atom. The second-order valence-corrected chi connectivity index (χ2v) is 4.81. The van der Waals surface area contributed by atoms with Crippen molar-refractivity contribution in [2.75, 3.05) is 19.8 Å². The smallest absolute Gasteiger partial charge is 0.223 e. The number of amides is 1. The first-order chi connectivity index (χ1) is 8.59. The van der Waals surface area contributed by atoms with E-state index in [0.29, 0.717) is 32.6 Å². The van der Waals surface area contributed by atoms with E-state index in [9.17, 15) is 4.79 Å². The summed E-state index contributed by atoms with van der Waals surface area (Å²) in [4.78, 5) is 14.1. The summed E-state index contributed by atoms with van der Waals surface area (Å²) in [5, 5.41) is 3.90. The lowest BCUT2D eigenvalue weighted by molar-refractivity contribution is -0.139. The van der Waals surface area contributed by atoms with E-state index in [2.05, 4.69) is 5.16 Å². The number of rotatable bonds is 3. The van der Waals surface area contributed by atoms with E-state index in [1.165, 1.54) is 0 Å². The molecule has 100 valence electrons. The van der Waals surface area contributed by atoms with Crippen LogP contribution >= 0.6 is 0 Å². The van der Waals surface area contributed by atoms with Crippen LogP contribution in [0.5, 0.6) is 0 Å². The number of aryl methyl sites for hydroxylation is 2. The van der Waals surface area contributed by atoms with Gasteiger partial charge in [-0.25, -0.2) is 0 Å². The van der Waals surface area contributed by atoms with Gasteiger partial charge in [-0.2, -0.15) is 0 Å². The molecule has 1 atom stereocenters. The van der Waals surface area contributed by atoms with Crippen molar-refractivity contribution in [3.05, 3.63) is 17.0 Å². The zero-order valence-corrected chi connectivity index (χ0v) is 11.2. The monoisotopic (exact) mass is 252 g/mol. The highest BCUT2D eigenvalue weighted by Crippen LogP contribution is 2.16. The number of carbonyl (C=O) groups excluding carboxylic acids is 1. The second-order valence-electron chi connectivity index (χ2n) is 4.81. The fourth-order valence-corrected chi connectivity index (χ4v) is 2.33. The molecule has 1 aliphatic heterocycles. The molecule has 5 heteroatoms. The molecule has 2 rings (SSSR count). The van der Waals surface area contributed by atoms with Crippen LogP contribution in [0.15, 0.2) is 4.52 Å². The van der Waals surface area contributed by atoms with Gasteiger partial charge < -0.3 is 14.2 Å². The molecule has 1 saturated heterocycles. The molecule has 0 aliphatic carbocycles. The van der Waals surface area contributed by atoms with Crippen LogP contribution < -0.4 is 0 Å². The van der Waals surface area contributed by atoms with E-state index in [1.54, 1.807) is 0 Å². The second kappa shape index (κ2) is 5.52. The van der Waals surface area contributed by atoms with Crippen LogP contribution in [-0.2, 0) is 16.0 Å². The molecule has 18 heavy (non-hydrogen) atoms. The van der Waals surface area contributed by atoms with Crippen molar-refractivity contribution in [1.29, 1.82) is 0 Å². The fraction of sp³-hybridized carbons (Fsp3) is 0.692. The van der Waals surface area contributed by atoms with Gasteiger partial charge in [0, 0.05) is 18.5 Å². The van der Waals surface area contributed by atoms with Crippen molar-refractivity contribution in [2.45, 2.75) is 39.7 Å². The van der Waals surface area contributed by atoms with Gasteiger partial charge in [0.05, 0.1) is 24.9 Å². The minimum Gasteiger partial charge on any atom is -0.377 e. The van der Waals surface area contributed by atoms with Crippen molar-refractivity contribution in [3.8, 4) is 0 Å². The number of morpholine rings is 1. The summed E-state index contributed by atoms with van der Waals surface area (Å²) in [6.45, 7) is 7.79. The standard InChI is InChI=1S/C13H20N2O3/c1-9-8-17-7-6-15(9)13(16)5-4-12-10(2)14-18-11(12)3/h9H,4-8H2,1-3H3/t9-/m1/s1. The van der Waals surface area contributed by atoms with Gasteiger partial charge in [0.2, 0.25) is 5.91 Å². The maximum Gasteiger partial charge on any atom is 0.223 e. The van der Waals surface area contributed by atoms with Crippen LogP contribution in [-0.4, -0.2) is 41.8 Å². The highest BCUT2D eigenvalue weighted by atomic mass is 16.5. The molecule has 0 saturated carbocycles. The highest BCUT2D eigenvalue weighted by molar-refractivity contribution is 5.77. The number of nitrogens with zero attached hydrogens (tertiary/aromatic N) is 2. The van der Waals surface area contributed by atoms with Crippen molar-refractivity contribution >= 4 is 5.91 Å². The Hall–Kier alpha value is -1.36. The Kier molecular flexibility index (Phi) is 4.01. The quantitative estimate of drug-likeness (QED) is 0.817. The predicted octanol–water partition coefficient (Wildman–Crippen LogP) is 1.47. The first kappa shape index (κ1) is 13.1. The van der Waals surface area contributed by atoms with E-state index >= 15 is 0 Å². The van der Waals surface area contributed by atoms with Gasteiger partial charge in [0.15, 0.2) is 0 Å². The van der Waals surface area contributed by atoms with Crippen molar-refractivity contribution < 1.29 is 14.1 Å². The highest BCUT2D eigenvalue weighted by Gasteiger charge is 2.23. The van der Waals surface area contributed by atoms with Crippen LogP contribution in [0, 0.1) is 13.8 Å². The van der Waals surface area contributed by atoms with E-state index in [1.807, 2.05) is 25.7 Å². The minimum absolute atomic E-state index is 0.177. The Bertz CT molecular complexity index is 408. The van der Waals surface area contributed by atoms with Gasteiger partial charge in [0.25, 0.3) is 0 Å². The van der Waals surface area contributed by atoms with Gasteiger partial charge in [-0.05, 0) is 27.2 Å². The number of ether oxygens (including phenoxy) is 1. The molecule has 1 amide bonds. The summed E-state index contributed by atoms with van der Waals surface area (Å²) in [5.41, 5.74) is 1.94. The number of hydrogen-bond donors (Lipinski definition) is 0. The van der Waals surface area contributed by atoms with Crippen molar-refractivity contribution in [2.24, 2.45) is 0 Å².